The van der Waals surface area contributed by atoms with Crippen molar-refractivity contribution in [2.24, 2.45) is 0 Å². The third-order valence-corrected chi connectivity index (χ3v) is 2.12. The van der Waals surface area contributed by atoms with Crippen LogP contribution in [-0.4, -0.2) is 18.7 Å². The van der Waals surface area contributed by atoms with E-state index < -0.39 is 11.1 Å². The molecule has 0 bridgehead atoms. The Morgan fingerprint density at radius 1 is 1.38 bits per heavy atom. The molecule has 0 aliphatic rings. The number of hydrogen-bond donors (Lipinski definition) is 1. The Bertz CT molecular complexity index is 443. The average molecular weight is 204 g/mol. The minimum Gasteiger partial charge on any atom is -0.767 e. The molecule has 0 saturated heterocycles. The van der Waals surface area contributed by atoms with Gasteiger partial charge in [0.25, 0.3) is 0 Å². The van der Waals surface area contributed by atoms with Crippen molar-refractivity contribution in [3.8, 4) is 0 Å². The summed E-state index contributed by atoms with van der Waals surface area (Å²) >= 11 is -2.24. The SMILES string of the molecule is O=S([O-])c1ccc2[nH]ccc2n1.[Na+]. The molecule has 6 heteroatoms. The van der Waals surface area contributed by atoms with Gasteiger partial charge in [0.1, 0.15) is 5.03 Å². The summed E-state index contributed by atoms with van der Waals surface area (Å²) in [5.41, 5.74) is 1.50. The standard InChI is InChI=1S/C7H6N2O2S.Na/c10-12(11)7-2-1-5-6(9-7)3-4-8-5;/h1-4,8H,(H,10,11);/q;+1/p-1. The number of rotatable bonds is 1. The zero-order valence-electron chi connectivity index (χ0n) is 6.98. The van der Waals surface area contributed by atoms with Crippen molar-refractivity contribution in [1.29, 1.82) is 0 Å². The average Bonchev–Trinajstić information content (AvgIpc) is 2.49. The summed E-state index contributed by atoms with van der Waals surface area (Å²) < 4.78 is 21.0. The van der Waals surface area contributed by atoms with Crippen LogP contribution in [0, 0.1) is 0 Å². The summed E-state index contributed by atoms with van der Waals surface area (Å²) in [4.78, 5) is 6.81. The molecule has 2 heterocycles. The molecule has 2 aromatic heterocycles. The van der Waals surface area contributed by atoms with Gasteiger partial charge in [-0.3, -0.25) is 4.21 Å². The number of H-pyrrole nitrogens is 1. The molecule has 0 aromatic carbocycles. The van der Waals surface area contributed by atoms with Crippen molar-refractivity contribution >= 4 is 22.1 Å². The summed E-state index contributed by atoms with van der Waals surface area (Å²) in [5.74, 6) is 0. The molecule has 0 spiro atoms. The minimum absolute atomic E-state index is 0. The van der Waals surface area contributed by atoms with Crippen LogP contribution in [0.1, 0.15) is 0 Å². The molecule has 0 fully saturated rings. The molecule has 1 N–H and O–H groups in total. The summed E-state index contributed by atoms with van der Waals surface area (Å²) in [6, 6.07) is 4.88. The van der Waals surface area contributed by atoms with Gasteiger partial charge in [0.2, 0.25) is 0 Å². The van der Waals surface area contributed by atoms with E-state index in [4.69, 9.17) is 0 Å². The van der Waals surface area contributed by atoms with Crippen molar-refractivity contribution in [3.05, 3.63) is 24.4 Å². The van der Waals surface area contributed by atoms with Gasteiger partial charge in [-0.25, -0.2) is 4.98 Å². The van der Waals surface area contributed by atoms with E-state index in [0.29, 0.717) is 5.52 Å². The van der Waals surface area contributed by atoms with Gasteiger partial charge in [0, 0.05) is 6.20 Å². The van der Waals surface area contributed by atoms with E-state index >= 15 is 0 Å². The largest absolute Gasteiger partial charge is 1.00 e. The fourth-order valence-corrected chi connectivity index (χ4v) is 1.36. The molecule has 0 radical (unpaired) electrons. The second-order valence-electron chi connectivity index (χ2n) is 2.29. The number of nitrogens with one attached hydrogen (secondary N) is 1. The van der Waals surface area contributed by atoms with Gasteiger partial charge in [0.05, 0.1) is 11.0 Å². The molecule has 1 atom stereocenters. The van der Waals surface area contributed by atoms with E-state index in [1.165, 1.54) is 6.07 Å². The van der Waals surface area contributed by atoms with Crippen LogP contribution in [0.5, 0.6) is 0 Å². The summed E-state index contributed by atoms with van der Waals surface area (Å²) in [6.07, 6.45) is 1.72. The zero-order valence-corrected chi connectivity index (χ0v) is 9.80. The first-order valence-electron chi connectivity index (χ1n) is 3.31. The van der Waals surface area contributed by atoms with Crippen LogP contribution in [0.4, 0.5) is 0 Å². The smallest absolute Gasteiger partial charge is 0.767 e. The molecule has 0 amide bonds. The molecule has 1 unspecified atom stereocenters. The second kappa shape index (κ2) is 4.34. The van der Waals surface area contributed by atoms with Gasteiger partial charge < -0.3 is 9.54 Å². The van der Waals surface area contributed by atoms with Crippen molar-refractivity contribution in [2.75, 3.05) is 0 Å². The van der Waals surface area contributed by atoms with E-state index in [2.05, 4.69) is 9.97 Å². The van der Waals surface area contributed by atoms with Crippen LogP contribution >= 0.6 is 0 Å². The molecular formula is C7H5N2NaO2S. The quantitative estimate of drug-likeness (QED) is 0.423. The number of pyridine rings is 1. The van der Waals surface area contributed by atoms with Gasteiger partial charge in [-0.15, -0.1) is 0 Å². The number of aromatic amines is 1. The predicted octanol–water partition coefficient (Wildman–Crippen LogP) is -2.20. The molecule has 0 saturated carbocycles. The van der Waals surface area contributed by atoms with Crippen LogP contribution < -0.4 is 29.6 Å². The second-order valence-corrected chi connectivity index (χ2v) is 3.18. The maximum absolute atomic E-state index is 10.5. The number of fused-ring (bicyclic) bond motifs is 1. The fraction of sp³-hybridized carbons (Fsp3) is 0. The zero-order chi connectivity index (χ0) is 8.55. The molecule has 4 nitrogen and oxygen atoms in total. The van der Waals surface area contributed by atoms with Gasteiger partial charge in [0.15, 0.2) is 0 Å². The molecule has 13 heavy (non-hydrogen) atoms. The Morgan fingerprint density at radius 3 is 2.85 bits per heavy atom. The minimum atomic E-state index is -2.24. The fourth-order valence-electron chi connectivity index (χ4n) is 1.01. The van der Waals surface area contributed by atoms with Crippen molar-refractivity contribution in [2.45, 2.75) is 5.03 Å². The number of nitrogens with zero attached hydrogens (tertiary/aromatic N) is 1. The first-order valence-corrected chi connectivity index (χ1v) is 4.38. The van der Waals surface area contributed by atoms with E-state index in [9.17, 15) is 8.76 Å². The van der Waals surface area contributed by atoms with Crippen molar-refractivity contribution in [1.82, 2.24) is 9.97 Å². The van der Waals surface area contributed by atoms with Crippen LogP contribution in [0.3, 0.4) is 0 Å². The molecule has 2 aromatic rings. The van der Waals surface area contributed by atoms with Crippen molar-refractivity contribution in [3.63, 3.8) is 0 Å². The predicted molar refractivity (Wildman–Crippen MR) is 43.3 cm³/mol. The van der Waals surface area contributed by atoms with E-state index in [-0.39, 0.29) is 34.6 Å². The molecule has 2 rings (SSSR count). The third kappa shape index (κ3) is 2.18. The summed E-state index contributed by atoms with van der Waals surface area (Å²) in [7, 11) is 0. The van der Waals surface area contributed by atoms with Crippen LogP contribution in [0.25, 0.3) is 11.0 Å². The van der Waals surface area contributed by atoms with E-state index in [1.54, 1.807) is 18.3 Å². The number of aromatic nitrogens is 2. The molecular weight excluding hydrogens is 199 g/mol. The molecule has 0 aliphatic heterocycles. The molecule has 0 aliphatic carbocycles. The van der Waals surface area contributed by atoms with Gasteiger partial charge >= 0.3 is 29.6 Å². The van der Waals surface area contributed by atoms with Crippen molar-refractivity contribution < 1.29 is 38.3 Å². The monoisotopic (exact) mass is 204 g/mol. The maximum Gasteiger partial charge on any atom is 1.00 e. The first-order chi connectivity index (χ1) is 5.77. The van der Waals surface area contributed by atoms with Crippen LogP contribution in [-0.2, 0) is 11.1 Å². The Balaban J connectivity index is 0.000000845. The topological polar surface area (TPSA) is 68.8 Å². The van der Waals surface area contributed by atoms with Gasteiger partial charge in [-0.2, -0.15) is 0 Å². The Morgan fingerprint density at radius 2 is 2.15 bits per heavy atom. The van der Waals surface area contributed by atoms with E-state index in [0.717, 1.165) is 5.52 Å². The Hall–Kier alpha value is -0.200. The van der Waals surface area contributed by atoms with Gasteiger partial charge in [-0.05, 0) is 29.3 Å². The number of hydrogen-bond acceptors (Lipinski definition) is 3. The summed E-state index contributed by atoms with van der Waals surface area (Å²) in [6.45, 7) is 0. The Labute approximate surface area is 99.3 Å². The first kappa shape index (κ1) is 10.9. The van der Waals surface area contributed by atoms with Crippen LogP contribution in [0.2, 0.25) is 0 Å². The molecule has 62 valence electrons. The van der Waals surface area contributed by atoms with Gasteiger partial charge in [-0.1, -0.05) is 0 Å². The van der Waals surface area contributed by atoms with Crippen LogP contribution in [0.15, 0.2) is 29.4 Å². The normalized spacial score (nSPS) is 12.4. The summed E-state index contributed by atoms with van der Waals surface area (Å²) in [5, 5.41) is 0.0714. The third-order valence-electron chi connectivity index (χ3n) is 1.55. The maximum atomic E-state index is 10.5. The van der Waals surface area contributed by atoms with E-state index in [1.807, 2.05) is 0 Å². The Kier molecular flexibility index (Phi) is 3.63.